The lowest BCUT2D eigenvalue weighted by Gasteiger charge is -2.17. The van der Waals surface area contributed by atoms with Crippen LogP contribution in [0.3, 0.4) is 0 Å². The van der Waals surface area contributed by atoms with E-state index in [1.54, 1.807) is 50.1 Å². The summed E-state index contributed by atoms with van der Waals surface area (Å²) in [6.07, 6.45) is 9.51. The minimum atomic E-state index is -0.173. The van der Waals surface area contributed by atoms with Gasteiger partial charge in [0.05, 0.1) is 25.6 Å². The van der Waals surface area contributed by atoms with Crippen LogP contribution in [0.2, 0.25) is 0 Å². The Kier molecular flexibility index (Phi) is 19.2. The predicted octanol–water partition coefficient (Wildman–Crippen LogP) is 5.71. The van der Waals surface area contributed by atoms with Crippen LogP contribution in [0.15, 0.2) is 36.7 Å². The maximum absolute atomic E-state index is 12.2. The molecule has 2 aromatic rings. The molecule has 0 bridgehead atoms. The highest BCUT2D eigenvalue weighted by Crippen LogP contribution is 2.21. The maximum atomic E-state index is 12.2. The number of methoxy groups -OCH3 is 2. The van der Waals surface area contributed by atoms with Crippen molar-refractivity contribution in [1.82, 2.24) is 29.2 Å². The molecule has 2 heterocycles. The van der Waals surface area contributed by atoms with E-state index in [4.69, 9.17) is 9.47 Å². The number of pyridine rings is 2. The first-order chi connectivity index (χ1) is 20.5. The number of hydrogen-bond acceptors (Lipinski definition) is 10. The predicted molar refractivity (Wildman–Crippen MR) is 180 cm³/mol. The van der Waals surface area contributed by atoms with Gasteiger partial charge in [-0.1, -0.05) is 51.3 Å². The van der Waals surface area contributed by atoms with E-state index in [9.17, 15) is 9.59 Å². The highest BCUT2D eigenvalue weighted by molar-refractivity contribution is 7.98. The molecule has 14 heteroatoms. The molecule has 0 aromatic carbocycles. The molecule has 0 saturated heterocycles. The van der Waals surface area contributed by atoms with E-state index >= 15 is 0 Å². The Hall–Kier alpha value is -2.16. The summed E-state index contributed by atoms with van der Waals surface area (Å²) in [6.45, 7) is 2.34. The molecular formula is C28H44N6O4S4. The van der Waals surface area contributed by atoms with Crippen molar-refractivity contribution >= 4 is 61.2 Å². The van der Waals surface area contributed by atoms with Crippen LogP contribution in [0, 0.1) is 0 Å². The van der Waals surface area contributed by atoms with E-state index in [0.717, 1.165) is 84.4 Å². The van der Waals surface area contributed by atoms with Gasteiger partial charge < -0.3 is 20.1 Å². The molecule has 10 nitrogen and oxygen atoms in total. The van der Waals surface area contributed by atoms with Crippen molar-refractivity contribution in [3.63, 3.8) is 0 Å². The quantitative estimate of drug-likeness (QED) is 0.1000. The highest BCUT2D eigenvalue weighted by Gasteiger charge is 2.10. The highest BCUT2D eigenvalue weighted by atomic mass is 32.2. The fourth-order valence-corrected chi connectivity index (χ4v) is 5.87. The minimum absolute atomic E-state index is 0.173. The van der Waals surface area contributed by atoms with Crippen LogP contribution in [0.25, 0.3) is 0 Å². The van der Waals surface area contributed by atoms with Crippen LogP contribution < -0.4 is 20.1 Å². The lowest BCUT2D eigenvalue weighted by Crippen LogP contribution is -2.35. The molecule has 2 aromatic heterocycles. The van der Waals surface area contributed by atoms with Gasteiger partial charge in [-0.25, -0.2) is 9.59 Å². The number of carbonyl (C=O) groups excluding carboxylic acids is 2. The van der Waals surface area contributed by atoms with Gasteiger partial charge in [-0.3, -0.25) is 18.6 Å². The summed E-state index contributed by atoms with van der Waals surface area (Å²) < 4.78 is 13.5. The van der Waals surface area contributed by atoms with Crippen LogP contribution in [-0.2, 0) is 11.5 Å². The third-order valence-electron chi connectivity index (χ3n) is 6.12. The monoisotopic (exact) mass is 656 g/mol. The van der Waals surface area contributed by atoms with Gasteiger partial charge in [0.1, 0.15) is 11.5 Å². The molecular weight excluding hydrogens is 613 g/mol. The molecule has 2 N–H and O–H groups in total. The lowest BCUT2D eigenvalue weighted by molar-refractivity contribution is 0.225. The largest absolute Gasteiger partial charge is 0.495 e. The Bertz CT molecular complexity index is 973. The van der Waals surface area contributed by atoms with Crippen LogP contribution in [0.5, 0.6) is 11.5 Å². The molecule has 4 amide bonds. The molecule has 0 radical (unpaired) electrons. The Morgan fingerprint density at radius 1 is 0.738 bits per heavy atom. The van der Waals surface area contributed by atoms with Crippen molar-refractivity contribution in [2.45, 2.75) is 50.0 Å². The number of rotatable bonds is 21. The number of unbranched alkanes of at least 4 members (excludes halogenated alkanes) is 5. The second-order valence-corrected chi connectivity index (χ2v) is 12.4. The third-order valence-corrected chi connectivity index (χ3v) is 8.82. The first kappa shape index (κ1) is 36.0. The topological polar surface area (TPSA) is 109 Å². The number of urea groups is 2. The van der Waals surface area contributed by atoms with Crippen LogP contribution in [0.1, 0.15) is 49.9 Å². The molecule has 0 atom stereocenters. The lowest BCUT2D eigenvalue weighted by atomic mass is 10.1. The molecule has 2 rings (SSSR count). The Labute approximate surface area is 269 Å². The number of aromatic nitrogens is 2. The number of amides is 4. The number of thiol groups is 2. The van der Waals surface area contributed by atoms with Crippen molar-refractivity contribution in [2.75, 3.05) is 51.9 Å². The summed E-state index contributed by atoms with van der Waals surface area (Å²) in [7, 11) is 3.28. The van der Waals surface area contributed by atoms with Gasteiger partial charge in [-0.15, -0.1) is 0 Å². The first-order valence-corrected chi connectivity index (χ1v) is 17.2. The second kappa shape index (κ2) is 22.4. The number of carbonyl (C=O) groups is 2. The summed E-state index contributed by atoms with van der Waals surface area (Å²) in [6, 6.07) is 7.14. The van der Waals surface area contributed by atoms with Gasteiger partial charge in [0, 0.05) is 61.6 Å². The SMILES string of the molecule is COc1cccnc1CSCCNC(=O)N(S)CCCCCCCCN(S)C(=O)NCCSCc1ncccc1OC. The zero-order valence-electron chi connectivity index (χ0n) is 24.5. The number of nitrogens with zero attached hydrogens (tertiary/aromatic N) is 4. The zero-order valence-corrected chi connectivity index (χ0v) is 27.9. The molecule has 0 spiro atoms. The first-order valence-electron chi connectivity index (χ1n) is 14.1. The third kappa shape index (κ3) is 14.8. The summed E-state index contributed by atoms with van der Waals surface area (Å²) in [5.41, 5.74) is 1.81. The number of nitrogens with one attached hydrogen (secondary N) is 2. The van der Waals surface area contributed by atoms with E-state index < -0.39 is 0 Å². The van der Waals surface area contributed by atoms with Gasteiger partial charge in [-0.05, 0) is 37.1 Å². The molecule has 42 heavy (non-hydrogen) atoms. The summed E-state index contributed by atoms with van der Waals surface area (Å²) in [4.78, 5) is 33.1. The van der Waals surface area contributed by atoms with Crippen LogP contribution in [-0.4, -0.2) is 82.5 Å². The van der Waals surface area contributed by atoms with Crippen molar-refractivity contribution in [3.8, 4) is 11.5 Å². The average Bonchev–Trinajstić information content (AvgIpc) is 3.01. The average molecular weight is 657 g/mol. The molecule has 0 unspecified atom stereocenters. The van der Waals surface area contributed by atoms with Gasteiger partial charge in [0.25, 0.3) is 0 Å². The smallest absolute Gasteiger partial charge is 0.327 e. The van der Waals surface area contributed by atoms with Crippen LogP contribution >= 0.6 is 49.2 Å². The van der Waals surface area contributed by atoms with Crippen molar-refractivity contribution < 1.29 is 19.1 Å². The summed E-state index contributed by atoms with van der Waals surface area (Å²) >= 11 is 12.0. The Morgan fingerprint density at radius 3 is 1.55 bits per heavy atom. The number of ether oxygens (including phenoxy) is 2. The van der Waals surface area contributed by atoms with E-state index in [-0.39, 0.29) is 12.1 Å². The maximum Gasteiger partial charge on any atom is 0.327 e. The Balaban J connectivity index is 1.40. The fourth-order valence-electron chi connectivity index (χ4n) is 3.85. The fraction of sp³-hybridized carbons (Fsp3) is 0.571. The standard InChI is InChI=1S/C28H44N6O4S4/c1-37-25-11-9-13-29-23(25)21-41-19-15-31-27(35)33(39)17-7-5-3-4-6-8-18-34(40)28(36)32-16-20-42-22-24-26(38-2)12-10-14-30-24/h9-14,39-40H,3-8,15-22H2,1-2H3,(H,31,35)(H,32,36). The van der Waals surface area contributed by atoms with E-state index in [0.29, 0.717) is 26.2 Å². The van der Waals surface area contributed by atoms with E-state index in [1.165, 1.54) is 8.61 Å². The van der Waals surface area contributed by atoms with Crippen molar-refractivity contribution in [3.05, 3.63) is 48.0 Å². The van der Waals surface area contributed by atoms with Gasteiger partial charge in [-0.2, -0.15) is 23.5 Å². The molecule has 0 saturated carbocycles. The van der Waals surface area contributed by atoms with E-state index in [1.807, 2.05) is 24.3 Å². The van der Waals surface area contributed by atoms with Crippen molar-refractivity contribution in [1.29, 1.82) is 0 Å². The van der Waals surface area contributed by atoms with Gasteiger partial charge >= 0.3 is 12.1 Å². The number of hydrogen-bond donors (Lipinski definition) is 4. The molecule has 0 fully saturated rings. The second-order valence-electron chi connectivity index (χ2n) is 9.24. The Morgan fingerprint density at radius 2 is 1.14 bits per heavy atom. The van der Waals surface area contributed by atoms with Crippen molar-refractivity contribution in [2.24, 2.45) is 0 Å². The summed E-state index contributed by atoms with van der Waals surface area (Å²) in [5, 5.41) is 5.80. The van der Waals surface area contributed by atoms with Gasteiger partial charge in [0.2, 0.25) is 0 Å². The normalized spacial score (nSPS) is 10.7. The molecule has 0 aliphatic rings. The molecule has 234 valence electrons. The van der Waals surface area contributed by atoms with Gasteiger partial charge in [0.15, 0.2) is 0 Å². The molecule has 0 aliphatic carbocycles. The summed E-state index contributed by atoms with van der Waals surface area (Å²) in [5.74, 6) is 4.58. The van der Waals surface area contributed by atoms with Crippen LogP contribution in [0.4, 0.5) is 9.59 Å². The van der Waals surface area contributed by atoms with E-state index in [2.05, 4.69) is 46.2 Å². The molecule has 0 aliphatic heterocycles. The number of thioether (sulfide) groups is 2. The minimum Gasteiger partial charge on any atom is -0.495 e. The zero-order chi connectivity index (χ0) is 30.4.